The van der Waals surface area contributed by atoms with Gasteiger partial charge in [0.25, 0.3) is 0 Å². The number of nitrogens with two attached hydrogens (primary N) is 2. The van der Waals surface area contributed by atoms with Crippen LogP contribution >= 0.6 is 11.8 Å². The first-order valence-electron chi connectivity index (χ1n) is 11.9. The largest absolute Gasteiger partial charge is 0.416 e. The van der Waals surface area contributed by atoms with E-state index in [4.69, 9.17) is 20.9 Å². The minimum atomic E-state index is -4.46. The van der Waals surface area contributed by atoms with Crippen molar-refractivity contribution in [2.45, 2.75) is 54.3 Å². The fourth-order valence-electron chi connectivity index (χ4n) is 4.17. The average Bonchev–Trinajstić information content (AvgIpc) is 2.82. The SMILES string of the molecule is CN(C)CCCNC(=O)CO[C@H]1C(O)[C@@H](OCSc2ccnc3cc(C(F)(F)F)ccc23)C(N)C[C@H]1N. The van der Waals surface area contributed by atoms with Crippen molar-refractivity contribution in [2.75, 3.05) is 39.7 Å². The molecule has 1 amide bonds. The number of carbonyl (C=O) groups is 1. The summed E-state index contributed by atoms with van der Waals surface area (Å²) in [6.07, 6.45) is -4.72. The number of alkyl halides is 3. The van der Waals surface area contributed by atoms with Crippen LogP contribution in [0.4, 0.5) is 13.2 Å². The molecule has 1 saturated carbocycles. The first-order chi connectivity index (χ1) is 17.5. The van der Waals surface area contributed by atoms with E-state index in [2.05, 4.69) is 10.3 Å². The molecule has 5 atom stereocenters. The molecule has 6 N–H and O–H groups in total. The number of ether oxygens (including phenoxy) is 2. The van der Waals surface area contributed by atoms with E-state index in [0.29, 0.717) is 23.2 Å². The van der Waals surface area contributed by atoms with Gasteiger partial charge in [-0.1, -0.05) is 17.8 Å². The number of thioether (sulfide) groups is 1. The predicted octanol–water partition coefficient (Wildman–Crippen LogP) is 1.56. The van der Waals surface area contributed by atoms with Crippen molar-refractivity contribution in [3.05, 3.63) is 36.0 Å². The number of nitrogens with zero attached hydrogens (tertiary/aromatic N) is 2. The molecule has 2 aromatic rings. The Hall–Kier alpha value is -2.00. The van der Waals surface area contributed by atoms with Crippen LogP contribution in [0.1, 0.15) is 18.4 Å². The molecule has 0 spiro atoms. The second-order valence-electron chi connectivity index (χ2n) is 9.27. The molecular formula is C24H34F3N5O4S. The smallest absolute Gasteiger partial charge is 0.388 e. The maximum absolute atomic E-state index is 13.0. The quantitative estimate of drug-likeness (QED) is 0.188. The first-order valence-corrected chi connectivity index (χ1v) is 12.9. The van der Waals surface area contributed by atoms with Gasteiger partial charge in [0.05, 0.1) is 17.0 Å². The second-order valence-corrected chi connectivity index (χ2v) is 10.2. The van der Waals surface area contributed by atoms with Gasteiger partial charge in [0.1, 0.15) is 24.9 Å². The molecule has 206 valence electrons. The number of aromatic nitrogens is 1. The fourth-order valence-corrected chi connectivity index (χ4v) is 5.00. The van der Waals surface area contributed by atoms with Gasteiger partial charge in [-0.3, -0.25) is 9.78 Å². The topological polar surface area (TPSA) is 136 Å². The number of aliphatic hydroxyl groups is 1. The number of amides is 1. The van der Waals surface area contributed by atoms with Gasteiger partial charge >= 0.3 is 6.18 Å². The highest BCUT2D eigenvalue weighted by Gasteiger charge is 2.43. The molecule has 0 bridgehead atoms. The molecule has 37 heavy (non-hydrogen) atoms. The Kier molecular flexibility index (Phi) is 10.5. The molecule has 9 nitrogen and oxygen atoms in total. The van der Waals surface area contributed by atoms with Crippen molar-refractivity contribution in [3.8, 4) is 0 Å². The minimum absolute atomic E-state index is 0.0733. The van der Waals surface area contributed by atoms with Gasteiger partial charge in [0, 0.05) is 35.1 Å². The van der Waals surface area contributed by atoms with Crippen LogP contribution in [-0.2, 0) is 20.4 Å². The van der Waals surface area contributed by atoms with Gasteiger partial charge in [-0.05, 0) is 51.7 Å². The van der Waals surface area contributed by atoms with E-state index in [9.17, 15) is 23.1 Å². The summed E-state index contributed by atoms with van der Waals surface area (Å²) in [6, 6.07) is 3.93. The van der Waals surface area contributed by atoms with Gasteiger partial charge in [0.2, 0.25) is 5.91 Å². The van der Waals surface area contributed by atoms with Crippen molar-refractivity contribution < 1.29 is 32.5 Å². The molecule has 0 saturated heterocycles. The number of carbonyl (C=O) groups excluding carboxylic acids is 1. The van der Waals surface area contributed by atoms with Crippen LogP contribution in [0.3, 0.4) is 0 Å². The summed E-state index contributed by atoms with van der Waals surface area (Å²) < 4.78 is 50.6. The van der Waals surface area contributed by atoms with Crippen molar-refractivity contribution in [3.63, 3.8) is 0 Å². The van der Waals surface area contributed by atoms with Gasteiger partial charge < -0.3 is 36.3 Å². The van der Waals surface area contributed by atoms with E-state index < -0.39 is 42.1 Å². The molecular weight excluding hydrogens is 511 g/mol. The zero-order chi connectivity index (χ0) is 27.2. The number of hydrogen-bond donors (Lipinski definition) is 4. The number of benzene rings is 1. The molecule has 1 aliphatic carbocycles. The Morgan fingerprint density at radius 3 is 2.59 bits per heavy atom. The van der Waals surface area contributed by atoms with Gasteiger partial charge in [0.15, 0.2) is 0 Å². The highest BCUT2D eigenvalue weighted by molar-refractivity contribution is 7.99. The van der Waals surface area contributed by atoms with Gasteiger partial charge in [-0.15, -0.1) is 0 Å². The first kappa shape index (κ1) is 29.6. The van der Waals surface area contributed by atoms with Crippen LogP contribution in [0.5, 0.6) is 0 Å². The summed E-state index contributed by atoms with van der Waals surface area (Å²) >= 11 is 1.24. The Balaban J connectivity index is 1.55. The van der Waals surface area contributed by atoms with Crippen molar-refractivity contribution >= 4 is 28.6 Å². The Morgan fingerprint density at radius 2 is 1.92 bits per heavy atom. The van der Waals surface area contributed by atoms with Crippen LogP contribution in [-0.4, -0.2) is 91.0 Å². The highest BCUT2D eigenvalue weighted by atomic mass is 32.2. The number of fused-ring (bicyclic) bond motifs is 1. The number of rotatable bonds is 11. The molecule has 13 heteroatoms. The van der Waals surface area contributed by atoms with Gasteiger partial charge in [-0.2, -0.15) is 13.2 Å². The Morgan fingerprint density at radius 1 is 1.22 bits per heavy atom. The normalized spacial score (nSPS) is 24.5. The maximum atomic E-state index is 13.0. The van der Waals surface area contributed by atoms with E-state index >= 15 is 0 Å². The molecule has 1 fully saturated rings. The zero-order valence-electron chi connectivity index (χ0n) is 20.8. The average molecular weight is 546 g/mol. The molecule has 1 aromatic heterocycles. The summed E-state index contributed by atoms with van der Waals surface area (Å²) in [5, 5.41) is 14.2. The number of halogens is 3. The van der Waals surface area contributed by atoms with Crippen LogP contribution < -0.4 is 16.8 Å². The van der Waals surface area contributed by atoms with E-state index in [1.165, 1.54) is 24.0 Å². The summed E-state index contributed by atoms with van der Waals surface area (Å²) in [6.45, 7) is 1.10. The second kappa shape index (κ2) is 13.2. The monoisotopic (exact) mass is 545 g/mol. The Labute approximate surface area is 218 Å². The lowest BCUT2D eigenvalue weighted by molar-refractivity contribution is -0.151. The van der Waals surface area contributed by atoms with Crippen LogP contribution in [0.15, 0.2) is 35.4 Å². The number of aliphatic hydroxyl groups excluding tert-OH is 1. The molecule has 1 aromatic carbocycles. The third-order valence-electron chi connectivity index (χ3n) is 6.08. The van der Waals surface area contributed by atoms with Crippen LogP contribution in [0.25, 0.3) is 10.9 Å². The van der Waals surface area contributed by atoms with E-state index in [1.807, 2.05) is 19.0 Å². The third-order valence-corrected chi connectivity index (χ3v) is 7.00. The summed E-state index contributed by atoms with van der Waals surface area (Å²) in [5.41, 5.74) is 11.8. The lowest BCUT2D eigenvalue weighted by Crippen LogP contribution is -2.63. The van der Waals surface area contributed by atoms with Gasteiger partial charge in [-0.25, -0.2) is 0 Å². The van der Waals surface area contributed by atoms with Crippen molar-refractivity contribution in [1.82, 2.24) is 15.2 Å². The minimum Gasteiger partial charge on any atom is -0.388 e. The molecule has 1 heterocycles. The van der Waals surface area contributed by atoms with E-state index in [1.54, 1.807) is 6.07 Å². The predicted molar refractivity (Wildman–Crippen MR) is 135 cm³/mol. The Bertz CT molecular complexity index is 1050. The lowest BCUT2D eigenvalue weighted by atomic mass is 9.84. The molecule has 0 radical (unpaired) electrons. The van der Waals surface area contributed by atoms with E-state index in [0.717, 1.165) is 25.1 Å². The summed E-state index contributed by atoms with van der Waals surface area (Å²) in [5.74, 6) is -0.233. The lowest BCUT2D eigenvalue weighted by Gasteiger charge is -2.41. The van der Waals surface area contributed by atoms with E-state index in [-0.39, 0.29) is 24.0 Å². The third kappa shape index (κ3) is 8.24. The molecule has 1 aliphatic rings. The molecule has 0 aliphatic heterocycles. The standard InChI is InChI=1S/C24H34F3N5O4S/c1-32(2)9-3-7-31-20(33)12-35-22-16(28)11-17(29)23(21(22)34)36-13-37-19-6-8-30-18-10-14(24(25,26)27)4-5-15(18)19/h4-6,8,10,16-17,21-23,34H,3,7,9,11-13,28-29H2,1-2H3,(H,31,33)/t16-,17?,21?,22-,23+/m1/s1. The zero-order valence-corrected chi connectivity index (χ0v) is 21.6. The van der Waals surface area contributed by atoms with Crippen LogP contribution in [0.2, 0.25) is 0 Å². The number of hydrogen-bond acceptors (Lipinski definition) is 9. The van der Waals surface area contributed by atoms with Crippen molar-refractivity contribution in [2.24, 2.45) is 11.5 Å². The number of nitrogens with one attached hydrogen (secondary N) is 1. The maximum Gasteiger partial charge on any atom is 0.416 e. The highest BCUT2D eigenvalue weighted by Crippen LogP contribution is 2.34. The molecule has 3 rings (SSSR count). The summed E-state index contributed by atoms with van der Waals surface area (Å²) in [4.78, 5) is 18.8. The van der Waals surface area contributed by atoms with Crippen LogP contribution in [0, 0.1) is 0 Å². The van der Waals surface area contributed by atoms with Crippen molar-refractivity contribution in [1.29, 1.82) is 0 Å². The number of pyridine rings is 1. The fraction of sp³-hybridized carbons (Fsp3) is 0.583. The molecule has 2 unspecified atom stereocenters. The summed E-state index contributed by atoms with van der Waals surface area (Å²) in [7, 11) is 3.90.